The first-order valence-electron chi connectivity index (χ1n) is 9.33. The van der Waals surface area contributed by atoms with E-state index in [1.54, 1.807) is 43.3 Å². The number of pyridine rings is 1. The average Bonchev–Trinajstić information content (AvgIpc) is 3.46. The van der Waals surface area contributed by atoms with Crippen LogP contribution in [0.25, 0.3) is 22.4 Å². The van der Waals surface area contributed by atoms with E-state index in [1.807, 2.05) is 6.07 Å². The van der Waals surface area contributed by atoms with Crippen molar-refractivity contribution in [2.24, 2.45) is 5.92 Å². The van der Waals surface area contributed by atoms with Crippen LogP contribution in [0.15, 0.2) is 53.1 Å². The lowest BCUT2D eigenvalue weighted by Crippen LogP contribution is -2.48. The third-order valence-electron chi connectivity index (χ3n) is 5.07. The Balaban J connectivity index is 1.54. The number of rotatable bonds is 6. The summed E-state index contributed by atoms with van der Waals surface area (Å²) in [5.74, 6) is -0.473. The third-order valence-corrected chi connectivity index (χ3v) is 5.07. The van der Waals surface area contributed by atoms with Gasteiger partial charge in [0.15, 0.2) is 12.4 Å². The van der Waals surface area contributed by atoms with Gasteiger partial charge in [-0.3, -0.25) is 4.79 Å². The Morgan fingerprint density at radius 3 is 2.79 bits per heavy atom. The average molecular weight is 389 g/mol. The van der Waals surface area contributed by atoms with Gasteiger partial charge in [0.2, 0.25) is 0 Å². The minimum atomic E-state index is -0.931. The summed E-state index contributed by atoms with van der Waals surface area (Å²) in [6.45, 7) is 1.23. The number of ether oxygens (including phenoxy) is 1. The van der Waals surface area contributed by atoms with Gasteiger partial charge in [-0.2, -0.15) is 5.26 Å². The zero-order valence-corrected chi connectivity index (χ0v) is 15.8. The fraction of sp³-hybridized carbons (Fsp3) is 0.273. The molecule has 1 saturated carbocycles. The van der Waals surface area contributed by atoms with E-state index < -0.39 is 24.0 Å². The minimum Gasteiger partial charge on any atom is -0.463 e. The quantitative estimate of drug-likeness (QED) is 0.647. The van der Waals surface area contributed by atoms with E-state index in [4.69, 9.17) is 9.15 Å². The number of fused-ring (bicyclic) bond motifs is 1. The molecule has 1 aromatic carbocycles. The molecule has 0 unspecified atom stereocenters. The minimum absolute atomic E-state index is 0.146. The Hall–Kier alpha value is -3.66. The van der Waals surface area contributed by atoms with Gasteiger partial charge in [0.25, 0.3) is 5.91 Å². The van der Waals surface area contributed by atoms with Crippen LogP contribution < -0.4 is 5.32 Å². The summed E-state index contributed by atoms with van der Waals surface area (Å²) in [5.41, 5.74) is 0.471. The van der Waals surface area contributed by atoms with Crippen molar-refractivity contribution in [1.29, 1.82) is 5.26 Å². The zero-order valence-electron chi connectivity index (χ0n) is 15.8. The van der Waals surface area contributed by atoms with Gasteiger partial charge in [-0.25, -0.2) is 9.78 Å². The van der Waals surface area contributed by atoms with Crippen LogP contribution in [-0.4, -0.2) is 29.0 Å². The third kappa shape index (κ3) is 3.83. The second-order valence-corrected chi connectivity index (χ2v) is 7.26. The molecule has 29 heavy (non-hydrogen) atoms. The van der Waals surface area contributed by atoms with Crippen LogP contribution in [0.5, 0.6) is 0 Å². The van der Waals surface area contributed by atoms with Crippen molar-refractivity contribution in [2.45, 2.75) is 25.3 Å². The number of furan rings is 1. The number of esters is 1. The molecule has 0 spiro atoms. The maximum absolute atomic E-state index is 12.7. The Labute approximate surface area is 167 Å². The number of nitriles is 1. The van der Waals surface area contributed by atoms with Gasteiger partial charge in [0, 0.05) is 5.39 Å². The molecule has 1 aliphatic carbocycles. The molecule has 2 heterocycles. The fourth-order valence-electron chi connectivity index (χ4n) is 3.31. The first kappa shape index (κ1) is 18.7. The normalized spacial score (nSPS) is 15.3. The van der Waals surface area contributed by atoms with E-state index in [9.17, 15) is 14.9 Å². The molecule has 1 atom stereocenters. The molecule has 0 radical (unpaired) electrons. The van der Waals surface area contributed by atoms with E-state index in [0.29, 0.717) is 27.9 Å². The highest BCUT2D eigenvalue weighted by Gasteiger charge is 2.43. The molecule has 0 bridgehead atoms. The van der Waals surface area contributed by atoms with Crippen molar-refractivity contribution in [1.82, 2.24) is 10.3 Å². The summed E-state index contributed by atoms with van der Waals surface area (Å²) in [6.07, 6.45) is 3.34. The number of carbonyl (C=O) groups excluding carboxylic acids is 2. The van der Waals surface area contributed by atoms with Gasteiger partial charge in [-0.1, -0.05) is 18.2 Å². The largest absolute Gasteiger partial charge is 0.463 e. The number of nitrogens with zero attached hydrogens (tertiary/aromatic N) is 2. The van der Waals surface area contributed by atoms with Gasteiger partial charge >= 0.3 is 5.97 Å². The Morgan fingerprint density at radius 1 is 1.31 bits per heavy atom. The second-order valence-electron chi connectivity index (χ2n) is 7.26. The highest BCUT2D eigenvalue weighted by Crippen LogP contribution is 2.39. The highest BCUT2D eigenvalue weighted by molar-refractivity contribution is 6.05. The summed E-state index contributed by atoms with van der Waals surface area (Å²) in [5, 5.41) is 12.6. The van der Waals surface area contributed by atoms with Crippen LogP contribution in [-0.2, 0) is 9.53 Å². The second kappa shape index (κ2) is 7.40. The predicted molar refractivity (Wildman–Crippen MR) is 105 cm³/mol. The molecule has 2 aromatic heterocycles. The molecule has 0 saturated heterocycles. The standard InChI is InChI=1S/C22H19N3O4/c1-22(13-23,14-8-9-14)25-20(26)12-29-21(27)16-11-18(19-7-4-10-28-19)24-17-6-3-2-5-15(16)17/h2-7,10-11,14H,8-9,12H2,1H3,(H,25,26)/t22-/m1/s1. The Bertz CT molecular complexity index is 1110. The summed E-state index contributed by atoms with van der Waals surface area (Å²) in [7, 11) is 0. The summed E-state index contributed by atoms with van der Waals surface area (Å²) >= 11 is 0. The number of para-hydroxylation sites is 1. The molecule has 3 aromatic rings. The van der Waals surface area contributed by atoms with Crippen molar-refractivity contribution in [3.05, 3.63) is 54.3 Å². The van der Waals surface area contributed by atoms with Crippen LogP contribution in [0.3, 0.4) is 0 Å². The van der Waals surface area contributed by atoms with Gasteiger partial charge < -0.3 is 14.5 Å². The summed E-state index contributed by atoms with van der Waals surface area (Å²) < 4.78 is 10.6. The van der Waals surface area contributed by atoms with E-state index in [-0.39, 0.29) is 5.92 Å². The molecule has 7 nitrogen and oxygen atoms in total. The molecule has 4 rings (SSSR count). The van der Waals surface area contributed by atoms with Crippen molar-refractivity contribution < 1.29 is 18.7 Å². The lowest BCUT2D eigenvalue weighted by Gasteiger charge is -2.22. The van der Waals surface area contributed by atoms with E-state index in [0.717, 1.165) is 12.8 Å². The molecule has 1 N–H and O–H groups in total. The lowest BCUT2D eigenvalue weighted by molar-refractivity contribution is -0.125. The molecule has 7 heteroatoms. The molecule has 1 amide bonds. The van der Waals surface area contributed by atoms with E-state index >= 15 is 0 Å². The van der Waals surface area contributed by atoms with Gasteiger partial charge in [0.05, 0.1) is 23.4 Å². The van der Waals surface area contributed by atoms with Crippen molar-refractivity contribution in [3.63, 3.8) is 0 Å². The number of aromatic nitrogens is 1. The molecular weight excluding hydrogens is 370 g/mol. The fourth-order valence-corrected chi connectivity index (χ4v) is 3.31. The predicted octanol–water partition coefficient (Wildman–Crippen LogP) is 3.46. The lowest BCUT2D eigenvalue weighted by atomic mass is 9.98. The van der Waals surface area contributed by atoms with Gasteiger partial charge in [-0.05, 0) is 49.9 Å². The number of hydrogen-bond acceptors (Lipinski definition) is 6. The van der Waals surface area contributed by atoms with Crippen LogP contribution in [0.4, 0.5) is 0 Å². The number of carbonyl (C=O) groups is 2. The first-order chi connectivity index (χ1) is 14.0. The maximum Gasteiger partial charge on any atom is 0.339 e. The van der Waals surface area contributed by atoms with Gasteiger partial charge in [-0.15, -0.1) is 0 Å². The number of benzene rings is 1. The monoisotopic (exact) mass is 389 g/mol. The highest BCUT2D eigenvalue weighted by atomic mass is 16.5. The summed E-state index contributed by atoms with van der Waals surface area (Å²) in [4.78, 5) is 29.5. The number of hydrogen-bond donors (Lipinski definition) is 1. The van der Waals surface area contributed by atoms with Crippen molar-refractivity contribution in [2.75, 3.05) is 6.61 Å². The smallest absolute Gasteiger partial charge is 0.339 e. The molecule has 146 valence electrons. The molecule has 1 aliphatic rings. The zero-order chi connectivity index (χ0) is 20.4. The molecular formula is C22H19N3O4. The number of nitrogens with one attached hydrogen (secondary N) is 1. The number of amides is 1. The van der Waals surface area contributed by atoms with Crippen molar-refractivity contribution >= 4 is 22.8 Å². The first-order valence-corrected chi connectivity index (χ1v) is 9.33. The van der Waals surface area contributed by atoms with E-state index in [1.165, 1.54) is 6.26 Å². The summed E-state index contributed by atoms with van der Waals surface area (Å²) in [6, 6.07) is 14.4. The van der Waals surface area contributed by atoms with Crippen LogP contribution >= 0.6 is 0 Å². The SMILES string of the molecule is C[C@](C#N)(NC(=O)COC(=O)c1cc(-c2ccco2)nc2ccccc12)C1CC1. The van der Waals surface area contributed by atoms with Crippen LogP contribution in [0.2, 0.25) is 0 Å². The molecule has 0 aliphatic heterocycles. The Kier molecular flexibility index (Phi) is 4.77. The van der Waals surface area contributed by atoms with Crippen LogP contribution in [0.1, 0.15) is 30.1 Å². The van der Waals surface area contributed by atoms with Crippen LogP contribution in [0, 0.1) is 17.2 Å². The van der Waals surface area contributed by atoms with Gasteiger partial charge in [0.1, 0.15) is 11.2 Å². The van der Waals surface area contributed by atoms with Crippen molar-refractivity contribution in [3.8, 4) is 17.5 Å². The van der Waals surface area contributed by atoms with E-state index in [2.05, 4.69) is 16.4 Å². The molecule has 1 fully saturated rings. The Morgan fingerprint density at radius 2 is 2.10 bits per heavy atom. The maximum atomic E-state index is 12.7. The topological polar surface area (TPSA) is 105 Å².